The number of hydrogen-bond acceptors (Lipinski definition) is 2. The van der Waals surface area contributed by atoms with Crippen LogP contribution in [0.1, 0.15) is 41.8 Å². The summed E-state index contributed by atoms with van der Waals surface area (Å²) in [6.45, 7) is 10.3. The maximum Gasteiger partial charge on any atom is 0.0814 e. The van der Waals surface area contributed by atoms with Crippen molar-refractivity contribution in [3.63, 3.8) is 0 Å². The SMILES string of the molecule is CCCNC(Cn1ncc(Cl)c1C)c1cc(C)cc(C)c1. The fraction of sp³-hybridized carbons (Fsp3) is 0.471. The van der Waals surface area contributed by atoms with Crippen molar-refractivity contribution < 1.29 is 0 Å². The van der Waals surface area contributed by atoms with Gasteiger partial charge >= 0.3 is 0 Å². The first-order valence-corrected chi connectivity index (χ1v) is 7.88. The van der Waals surface area contributed by atoms with Crippen LogP contribution in [0.15, 0.2) is 24.4 Å². The highest BCUT2D eigenvalue weighted by atomic mass is 35.5. The van der Waals surface area contributed by atoms with Gasteiger partial charge in [0.1, 0.15) is 0 Å². The standard InChI is InChI=1S/C17H24ClN3/c1-5-6-19-17(11-21-14(4)16(18)10-20-21)15-8-12(2)7-13(3)9-15/h7-10,17,19H,5-6,11H2,1-4H3. The van der Waals surface area contributed by atoms with Crippen LogP contribution in [0.4, 0.5) is 0 Å². The lowest BCUT2D eigenvalue weighted by molar-refractivity contribution is 0.433. The zero-order valence-corrected chi connectivity index (χ0v) is 14.0. The second-order valence-corrected chi connectivity index (χ2v) is 6.09. The fourth-order valence-electron chi connectivity index (χ4n) is 2.60. The number of rotatable bonds is 6. The van der Waals surface area contributed by atoms with Gasteiger partial charge in [-0.15, -0.1) is 0 Å². The van der Waals surface area contributed by atoms with E-state index in [9.17, 15) is 0 Å². The lowest BCUT2D eigenvalue weighted by Crippen LogP contribution is -2.27. The molecule has 1 unspecified atom stereocenters. The Kier molecular flexibility index (Phi) is 5.43. The van der Waals surface area contributed by atoms with Crippen molar-refractivity contribution in [3.8, 4) is 0 Å². The zero-order valence-electron chi connectivity index (χ0n) is 13.3. The Hall–Kier alpha value is -1.32. The zero-order chi connectivity index (χ0) is 15.4. The lowest BCUT2D eigenvalue weighted by Gasteiger charge is -2.21. The van der Waals surface area contributed by atoms with Gasteiger partial charge in [0.15, 0.2) is 0 Å². The first kappa shape index (κ1) is 16.1. The van der Waals surface area contributed by atoms with Gasteiger partial charge in [0, 0.05) is 0 Å². The van der Waals surface area contributed by atoms with Gasteiger partial charge in [0.2, 0.25) is 0 Å². The number of aryl methyl sites for hydroxylation is 2. The molecule has 1 aromatic heterocycles. The summed E-state index contributed by atoms with van der Waals surface area (Å²) >= 11 is 6.11. The van der Waals surface area contributed by atoms with E-state index in [4.69, 9.17) is 11.6 Å². The van der Waals surface area contributed by atoms with Crippen LogP contribution in [-0.2, 0) is 6.54 Å². The third-order valence-electron chi connectivity index (χ3n) is 3.69. The summed E-state index contributed by atoms with van der Waals surface area (Å²) in [5.74, 6) is 0. The normalized spacial score (nSPS) is 12.6. The highest BCUT2D eigenvalue weighted by Gasteiger charge is 2.15. The van der Waals surface area contributed by atoms with Crippen molar-refractivity contribution in [3.05, 3.63) is 51.8 Å². The maximum atomic E-state index is 6.11. The summed E-state index contributed by atoms with van der Waals surface area (Å²) in [4.78, 5) is 0. The number of hydrogen-bond donors (Lipinski definition) is 1. The van der Waals surface area contributed by atoms with Crippen LogP contribution in [0.2, 0.25) is 5.02 Å². The summed E-state index contributed by atoms with van der Waals surface area (Å²) in [7, 11) is 0. The van der Waals surface area contributed by atoms with E-state index < -0.39 is 0 Å². The number of halogens is 1. The minimum absolute atomic E-state index is 0.248. The van der Waals surface area contributed by atoms with Crippen LogP contribution in [-0.4, -0.2) is 16.3 Å². The van der Waals surface area contributed by atoms with Crippen LogP contribution in [0.5, 0.6) is 0 Å². The van der Waals surface area contributed by atoms with E-state index in [2.05, 4.69) is 49.4 Å². The Labute approximate surface area is 132 Å². The lowest BCUT2D eigenvalue weighted by atomic mass is 10.0. The van der Waals surface area contributed by atoms with E-state index in [1.807, 2.05) is 11.6 Å². The van der Waals surface area contributed by atoms with Crippen LogP contribution >= 0.6 is 11.6 Å². The van der Waals surface area contributed by atoms with Gasteiger partial charge in [0.05, 0.1) is 29.5 Å². The quantitative estimate of drug-likeness (QED) is 0.866. The molecule has 0 fully saturated rings. The first-order valence-electron chi connectivity index (χ1n) is 7.50. The smallest absolute Gasteiger partial charge is 0.0814 e. The summed E-state index contributed by atoms with van der Waals surface area (Å²) in [6, 6.07) is 6.95. The number of benzene rings is 1. The molecule has 0 aliphatic rings. The third kappa shape index (κ3) is 4.08. The van der Waals surface area contributed by atoms with Crippen molar-refractivity contribution in [2.75, 3.05) is 6.54 Å². The molecule has 4 heteroatoms. The molecule has 21 heavy (non-hydrogen) atoms. The Morgan fingerprint density at radius 1 is 1.19 bits per heavy atom. The number of aromatic nitrogens is 2. The van der Waals surface area contributed by atoms with Gasteiger partial charge in [-0.2, -0.15) is 5.10 Å². The molecule has 0 amide bonds. The van der Waals surface area contributed by atoms with Crippen LogP contribution < -0.4 is 5.32 Å². The minimum Gasteiger partial charge on any atom is -0.308 e. The van der Waals surface area contributed by atoms with Gasteiger partial charge in [0.25, 0.3) is 0 Å². The predicted molar refractivity (Wildman–Crippen MR) is 88.9 cm³/mol. The molecule has 0 radical (unpaired) electrons. The molecule has 1 heterocycles. The van der Waals surface area contributed by atoms with Gasteiger partial charge in [-0.3, -0.25) is 4.68 Å². The summed E-state index contributed by atoms with van der Waals surface area (Å²) in [5, 5.41) is 8.73. The molecule has 2 aromatic rings. The number of nitrogens with one attached hydrogen (secondary N) is 1. The molecule has 0 bridgehead atoms. The van der Waals surface area contributed by atoms with Crippen molar-refractivity contribution in [2.45, 2.75) is 46.7 Å². The Morgan fingerprint density at radius 2 is 1.86 bits per heavy atom. The van der Waals surface area contributed by atoms with E-state index in [0.717, 1.165) is 30.2 Å². The van der Waals surface area contributed by atoms with Crippen molar-refractivity contribution >= 4 is 11.6 Å². The number of nitrogens with zero attached hydrogens (tertiary/aromatic N) is 2. The largest absolute Gasteiger partial charge is 0.308 e. The molecule has 0 aliphatic heterocycles. The van der Waals surface area contributed by atoms with Crippen LogP contribution in [0, 0.1) is 20.8 Å². The first-order chi connectivity index (χ1) is 10.0. The van der Waals surface area contributed by atoms with Gasteiger partial charge in [-0.05, 0) is 39.3 Å². The van der Waals surface area contributed by atoms with Crippen LogP contribution in [0.3, 0.4) is 0 Å². The van der Waals surface area contributed by atoms with Crippen molar-refractivity contribution in [1.29, 1.82) is 0 Å². The van der Waals surface area contributed by atoms with E-state index in [0.29, 0.717) is 0 Å². The molecule has 0 saturated heterocycles. The second kappa shape index (κ2) is 7.10. The van der Waals surface area contributed by atoms with Crippen molar-refractivity contribution in [2.24, 2.45) is 0 Å². The molecule has 0 saturated carbocycles. The molecule has 2 rings (SSSR count). The Bertz CT molecular complexity index is 584. The van der Waals surface area contributed by atoms with Crippen LogP contribution in [0.25, 0.3) is 0 Å². The molecule has 1 N–H and O–H groups in total. The monoisotopic (exact) mass is 305 g/mol. The average Bonchev–Trinajstić information content (AvgIpc) is 2.74. The van der Waals surface area contributed by atoms with Crippen molar-refractivity contribution in [1.82, 2.24) is 15.1 Å². The summed E-state index contributed by atoms with van der Waals surface area (Å²) in [6.07, 6.45) is 2.83. The van der Waals surface area contributed by atoms with E-state index in [-0.39, 0.29) is 6.04 Å². The Balaban J connectivity index is 2.27. The fourth-order valence-corrected chi connectivity index (χ4v) is 2.74. The highest BCUT2D eigenvalue weighted by molar-refractivity contribution is 6.31. The predicted octanol–water partition coefficient (Wildman–Crippen LogP) is 4.20. The second-order valence-electron chi connectivity index (χ2n) is 5.69. The topological polar surface area (TPSA) is 29.9 Å². The molecule has 1 aromatic carbocycles. The molecule has 114 valence electrons. The Morgan fingerprint density at radius 3 is 2.38 bits per heavy atom. The minimum atomic E-state index is 0.248. The molecule has 1 atom stereocenters. The van der Waals surface area contributed by atoms with Gasteiger partial charge < -0.3 is 5.32 Å². The highest BCUT2D eigenvalue weighted by Crippen LogP contribution is 2.21. The van der Waals surface area contributed by atoms with Gasteiger partial charge in [-0.25, -0.2) is 0 Å². The summed E-state index contributed by atoms with van der Waals surface area (Å²) in [5.41, 5.74) is 4.92. The maximum absolute atomic E-state index is 6.11. The average molecular weight is 306 g/mol. The van der Waals surface area contributed by atoms with E-state index >= 15 is 0 Å². The molecule has 0 spiro atoms. The molecular weight excluding hydrogens is 282 g/mol. The van der Waals surface area contributed by atoms with E-state index in [1.54, 1.807) is 6.20 Å². The third-order valence-corrected chi connectivity index (χ3v) is 4.06. The molecular formula is C17H24ClN3. The molecule has 3 nitrogen and oxygen atoms in total. The van der Waals surface area contributed by atoms with Gasteiger partial charge in [-0.1, -0.05) is 47.9 Å². The van der Waals surface area contributed by atoms with E-state index in [1.165, 1.54) is 16.7 Å². The molecule has 0 aliphatic carbocycles. The summed E-state index contributed by atoms with van der Waals surface area (Å²) < 4.78 is 1.98.